The van der Waals surface area contributed by atoms with Crippen LogP contribution in [-0.4, -0.2) is 9.38 Å². The first kappa shape index (κ1) is 26.7. The van der Waals surface area contributed by atoms with Crippen molar-refractivity contribution in [1.82, 2.24) is 9.38 Å². The summed E-state index contributed by atoms with van der Waals surface area (Å²) in [6.07, 6.45) is 22.9. The summed E-state index contributed by atoms with van der Waals surface area (Å²) < 4.78 is 2.23. The van der Waals surface area contributed by atoms with E-state index >= 15 is 0 Å². The lowest BCUT2D eigenvalue weighted by molar-refractivity contribution is 0.588. The van der Waals surface area contributed by atoms with Gasteiger partial charge < -0.3 is 0 Å². The first-order valence-corrected chi connectivity index (χ1v) is 15.3. The number of thiazole rings is 1. The molecular formula is C33H44N2S. The number of benzene rings is 2. The summed E-state index contributed by atoms with van der Waals surface area (Å²) in [6, 6.07) is 18.1. The van der Waals surface area contributed by atoms with E-state index < -0.39 is 0 Å². The highest BCUT2D eigenvalue weighted by Gasteiger charge is 2.12. The molecule has 0 bridgehead atoms. The van der Waals surface area contributed by atoms with Crippen LogP contribution in [0.4, 0.5) is 0 Å². The molecule has 192 valence electrons. The van der Waals surface area contributed by atoms with Gasteiger partial charge in [-0.1, -0.05) is 138 Å². The molecular weight excluding hydrogens is 456 g/mol. The quantitative estimate of drug-likeness (QED) is 0.140. The van der Waals surface area contributed by atoms with Gasteiger partial charge in [0.25, 0.3) is 0 Å². The SMILES string of the molecule is CCCCCCCCCc1cn2cc(-c3ccccc3-c3ccc(CCCCCCC)cc3)sc2n1. The second-order valence-corrected chi connectivity index (χ2v) is 11.3. The minimum Gasteiger partial charge on any atom is -0.297 e. The number of nitrogens with zero attached hydrogens (tertiary/aromatic N) is 2. The summed E-state index contributed by atoms with van der Waals surface area (Å²) in [4.78, 5) is 7.34. The smallest absolute Gasteiger partial charge is 0.194 e. The lowest BCUT2D eigenvalue weighted by Crippen LogP contribution is -1.88. The molecule has 0 unspecified atom stereocenters. The summed E-state index contributed by atoms with van der Waals surface area (Å²) in [5.41, 5.74) is 6.59. The fourth-order valence-electron chi connectivity index (χ4n) is 5.09. The van der Waals surface area contributed by atoms with Gasteiger partial charge in [0.2, 0.25) is 0 Å². The van der Waals surface area contributed by atoms with Crippen molar-refractivity contribution in [3.05, 3.63) is 72.2 Å². The van der Waals surface area contributed by atoms with Gasteiger partial charge in [-0.25, -0.2) is 4.98 Å². The maximum absolute atomic E-state index is 4.95. The van der Waals surface area contributed by atoms with Crippen molar-refractivity contribution >= 4 is 16.3 Å². The molecule has 0 saturated carbocycles. The van der Waals surface area contributed by atoms with E-state index in [4.69, 9.17) is 4.98 Å². The third-order valence-electron chi connectivity index (χ3n) is 7.27. The molecule has 2 heterocycles. The number of fused-ring (bicyclic) bond motifs is 1. The Hall–Kier alpha value is -2.39. The third kappa shape index (κ3) is 7.56. The van der Waals surface area contributed by atoms with Crippen LogP contribution in [0.5, 0.6) is 0 Å². The number of aromatic nitrogens is 2. The molecule has 0 radical (unpaired) electrons. The molecule has 2 aromatic carbocycles. The van der Waals surface area contributed by atoms with Crippen molar-refractivity contribution in [1.29, 1.82) is 0 Å². The van der Waals surface area contributed by atoms with Crippen molar-refractivity contribution < 1.29 is 0 Å². The van der Waals surface area contributed by atoms with Gasteiger partial charge in [-0.15, -0.1) is 0 Å². The highest BCUT2D eigenvalue weighted by Crippen LogP contribution is 2.36. The number of rotatable bonds is 16. The molecule has 0 aliphatic carbocycles. The van der Waals surface area contributed by atoms with Crippen LogP contribution >= 0.6 is 11.3 Å². The molecule has 4 aromatic rings. The van der Waals surface area contributed by atoms with E-state index in [1.54, 1.807) is 11.3 Å². The Balaban J connectivity index is 1.37. The molecule has 0 saturated heterocycles. The first-order chi connectivity index (χ1) is 17.8. The van der Waals surface area contributed by atoms with Crippen LogP contribution in [0, 0.1) is 0 Å². The van der Waals surface area contributed by atoms with E-state index in [9.17, 15) is 0 Å². The predicted molar refractivity (Wildman–Crippen MR) is 158 cm³/mol. The van der Waals surface area contributed by atoms with Crippen LogP contribution in [-0.2, 0) is 12.8 Å². The normalized spacial score (nSPS) is 11.5. The van der Waals surface area contributed by atoms with E-state index in [2.05, 4.69) is 79.2 Å². The van der Waals surface area contributed by atoms with Crippen LogP contribution in [0.25, 0.3) is 26.5 Å². The van der Waals surface area contributed by atoms with Crippen LogP contribution < -0.4 is 0 Å². The van der Waals surface area contributed by atoms with E-state index in [0.717, 1.165) is 11.4 Å². The maximum Gasteiger partial charge on any atom is 0.194 e. The van der Waals surface area contributed by atoms with Gasteiger partial charge in [0.1, 0.15) is 0 Å². The lowest BCUT2D eigenvalue weighted by Gasteiger charge is -2.09. The van der Waals surface area contributed by atoms with Gasteiger partial charge in [-0.05, 0) is 42.4 Å². The zero-order chi connectivity index (χ0) is 25.0. The number of hydrogen-bond acceptors (Lipinski definition) is 2. The van der Waals surface area contributed by atoms with Gasteiger partial charge in [-0.2, -0.15) is 0 Å². The van der Waals surface area contributed by atoms with Crippen LogP contribution in [0.3, 0.4) is 0 Å². The van der Waals surface area contributed by atoms with Gasteiger partial charge in [-0.3, -0.25) is 4.40 Å². The minimum absolute atomic E-state index is 1.10. The summed E-state index contributed by atoms with van der Waals surface area (Å²) in [7, 11) is 0. The second kappa shape index (κ2) is 14.4. The fourth-order valence-corrected chi connectivity index (χ4v) is 6.11. The van der Waals surface area contributed by atoms with Gasteiger partial charge in [0.15, 0.2) is 4.96 Å². The maximum atomic E-state index is 4.95. The third-order valence-corrected chi connectivity index (χ3v) is 8.30. The molecule has 0 spiro atoms. The van der Waals surface area contributed by atoms with Crippen molar-refractivity contribution in [2.24, 2.45) is 0 Å². The van der Waals surface area contributed by atoms with Crippen molar-refractivity contribution in [2.75, 3.05) is 0 Å². The van der Waals surface area contributed by atoms with E-state index in [1.165, 1.54) is 116 Å². The summed E-state index contributed by atoms with van der Waals surface area (Å²) in [5, 5.41) is 0. The number of imidazole rings is 1. The van der Waals surface area contributed by atoms with Crippen molar-refractivity contribution in [2.45, 2.75) is 104 Å². The van der Waals surface area contributed by atoms with E-state index in [1.807, 2.05) is 0 Å². The Morgan fingerprint density at radius 3 is 1.92 bits per heavy atom. The first-order valence-electron chi connectivity index (χ1n) is 14.4. The number of aryl methyl sites for hydroxylation is 2. The molecule has 0 aliphatic heterocycles. The molecule has 2 nitrogen and oxygen atoms in total. The average Bonchev–Trinajstić information content (AvgIpc) is 3.47. The molecule has 0 fully saturated rings. The Bertz CT molecular complexity index is 1140. The lowest BCUT2D eigenvalue weighted by atomic mass is 9.97. The molecule has 2 aromatic heterocycles. The van der Waals surface area contributed by atoms with Crippen molar-refractivity contribution in [3.63, 3.8) is 0 Å². The topological polar surface area (TPSA) is 17.3 Å². The van der Waals surface area contributed by atoms with E-state index in [0.29, 0.717) is 0 Å². The highest BCUT2D eigenvalue weighted by molar-refractivity contribution is 7.20. The Morgan fingerprint density at radius 1 is 0.639 bits per heavy atom. The van der Waals surface area contributed by atoms with Crippen LogP contribution in [0.15, 0.2) is 60.9 Å². The zero-order valence-electron chi connectivity index (χ0n) is 22.5. The summed E-state index contributed by atoms with van der Waals surface area (Å²) in [6.45, 7) is 4.56. The zero-order valence-corrected chi connectivity index (χ0v) is 23.3. The minimum atomic E-state index is 1.10. The molecule has 3 heteroatoms. The molecule has 0 N–H and O–H groups in total. The molecule has 0 aliphatic rings. The number of hydrogen-bond donors (Lipinski definition) is 0. The van der Waals surface area contributed by atoms with Gasteiger partial charge >= 0.3 is 0 Å². The fraction of sp³-hybridized carbons (Fsp3) is 0.485. The Labute approximate surface area is 222 Å². The number of unbranched alkanes of at least 4 members (excludes halogenated alkanes) is 10. The van der Waals surface area contributed by atoms with Gasteiger partial charge in [0, 0.05) is 18.0 Å². The van der Waals surface area contributed by atoms with E-state index in [-0.39, 0.29) is 0 Å². The van der Waals surface area contributed by atoms with Crippen LogP contribution in [0.2, 0.25) is 0 Å². The highest BCUT2D eigenvalue weighted by atomic mass is 32.1. The average molecular weight is 501 g/mol. The summed E-state index contributed by atoms with van der Waals surface area (Å²) >= 11 is 1.81. The molecule has 0 amide bonds. The monoisotopic (exact) mass is 500 g/mol. The molecule has 4 rings (SSSR count). The predicted octanol–water partition coefficient (Wildman–Crippen LogP) is 10.5. The largest absolute Gasteiger partial charge is 0.297 e. The van der Waals surface area contributed by atoms with Gasteiger partial charge in [0.05, 0.1) is 10.6 Å². The summed E-state index contributed by atoms with van der Waals surface area (Å²) in [5.74, 6) is 0. The second-order valence-electron chi connectivity index (χ2n) is 10.3. The standard InChI is InChI=1S/C33H44N2S/c1-3-5-7-9-10-12-14-18-29-25-35-26-32(36-33(35)34-29)31-20-16-15-19-30(31)28-23-21-27(22-24-28)17-13-11-8-6-4-2/h15-16,19-26H,3-14,17-18H2,1-2H3. The molecule has 36 heavy (non-hydrogen) atoms. The van der Waals surface area contributed by atoms with Crippen LogP contribution in [0.1, 0.15) is 102 Å². The Kier molecular flexibility index (Phi) is 10.6. The molecule has 0 atom stereocenters. The van der Waals surface area contributed by atoms with Crippen molar-refractivity contribution in [3.8, 4) is 21.6 Å². The Morgan fingerprint density at radius 2 is 1.25 bits per heavy atom.